The van der Waals surface area contributed by atoms with Crippen molar-refractivity contribution < 1.29 is 23.1 Å². The van der Waals surface area contributed by atoms with Crippen molar-refractivity contribution in [3.05, 3.63) is 53.4 Å². The van der Waals surface area contributed by atoms with Gasteiger partial charge in [-0.2, -0.15) is 13.9 Å². The summed E-state index contributed by atoms with van der Waals surface area (Å²) in [7, 11) is 0. The number of nitrogens with one attached hydrogen (secondary N) is 1. The molecular weight excluding hydrogens is 560 g/mol. The fourth-order valence-corrected chi connectivity index (χ4v) is 5.12. The Kier molecular flexibility index (Phi) is 8.31. The van der Waals surface area contributed by atoms with Crippen LogP contribution in [-0.4, -0.2) is 67.3 Å². The first kappa shape index (κ1) is 28.2. The number of rotatable bonds is 10. The molecule has 1 saturated heterocycles. The molecule has 4 heterocycles. The summed E-state index contributed by atoms with van der Waals surface area (Å²) >= 11 is 6.23. The Bertz CT molecular complexity index is 1570. The molecule has 3 aromatic heterocycles. The number of amides is 2. The number of hydrogen-bond acceptors (Lipinski definition) is 8. The number of likely N-dealkylation sites (tertiary alicyclic amines) is 1. The molecule has 0 atom stereocenters. The number of halogens is 3. The Morgan fingerprint density at radius 1 is 1.22 bits per heavy atom. The molecule has 1 aromatic carbocycles. The number of carbonyl (C=O) groups excluding carboxylic acids is 2. The summed E-state index contributed by atoms with van der Waals surface area (Å²) in [6, 6.07) is 5.82. The van der Waals surface area contributed by atoms with Crippen molar-refractivity contribution in [3.8, 4) is 17.0 Å². The van der Waals surface area contributed by atoms with E-state index in [1.165, 1.54) is 28.9 Å². The van der Waals surface area contributed by atoms with E-state index in [4.69, 9.17) is 32.9 Å². The lowest BCUT2D eigenvalue weighted by Crippen LogP contribution is -2.35. The van der Waals surface area contributed by atoms with Gasteiger partial charge in [-0.1, -0.05) is 11.6 Å². The van der Waals surface area contributed by atoms with Crippen LogP contribution in [0.4, 0.5) is 20.3 Å². The summed E-state index contributed by atoms with van der Waals surface area (Å²) in [6.07, 6.45) is 7.28. The number of anilines is 2. The Hall–Kier alpha value is -4.30. The van der Waals surface area contributed by atoms with Gasteiger partial charge in [-0.3, -0.25) is 14.3 Å². The second kappa shape index (κ2) is 12.1. The SMILES string of the molecule is NC(=O)CCCN1CCC(n2cc(NC(=O)c3c(N)nn4cccnc34)c(-c3cc(Cl)ccc3OC(F)F)n2)CC1. The van der Waals surface area contributed by atoms with E-state index >= 15 is 0 Å². The van der Waals surface area contributed by atoms with Gasteiger partial charge < -0.3 is 26.4 Å². The lowest BCUT2D eigenvalue weighted by atomic mass is 10.0. The maximum atomic E-state index is 13.5. The molecule has 4 aromatic rings. The van der Waals surface area contributed by atoms with Crippen LogP contribution in [0.2, 0.25) is 5.02 Å². The number of hydrogen-bond donors (Lipinski definition) is 3. The number of nitrogens with two attached hydrogens (primary N) is 2. The molecule has 15 heteroatoms. The molecule has 1 aliphatic heterocycles. The third kappa shape index (κ3) is 6.38. The van der Waals surface area contributed by atoms with Crippen LogP contribution in [0.25, 0.3) is 16.9 Å². The molecule has 0 saturated carbocycles. The van der Waals surface area contributed by atoms with Gasteiger partial charge >= 0.3 is 6.61 Å². The first-order chi connectivity index (χ1) is 19.7. The summed E-state index contributed by atoms with van der Waals surface area (Å²) in [5, 5.41) is 11.9. The van der Waals surface area contributed by atoms with Crippen molar-refractivity contribution in [3.63, 3.8) is 0 Å². The van der Waals surface area contributed by atoms with E-state index in [-0.39, 0.29) is 56.7 Å². The molecule has 0 spiro atoms. The number of ether oxygens (including phenoxy) is 1. The van der Waals surface area contributed by atoms with Crippen LogP contribution < -0.4 is 21.5 Å². The molecule has 41 heavy (non-hydrogen) atoms. The highest BCUT2D eigenvalue weighted by Crippen LogP contribution is 2.38. The van der Waals surface area contributed by atoms with E-state index in [0.29, 0.717) is 12.8 Å². The van der Waals surface area contributed by atoms with E-state index in [1.807, 2.05) is 0 Å². The fourth-order valence-electron chi connectivity index (χ4n) is 4.95. The van der Waals surface area contributed by atoms with Crippen LogP contribution in [0, 0.1) is 0 Å². The topological polar surface area (TPSA) is 159 Å². The van der Waals surface area contributed by atoms with Crippen LogP contribution in [0.15, 0.2) is 42.9 Å². The number of nitrogens with zero attached hydrogens (tertiary/aromatic N) is 6. The van der Waals surface area contributed by atoms with Crippen molar-refractivity contribution in [2.24, 2.45) is 5.73 Å². The van der Waals surface area contributed by atoms with Crippen molar-refractivity contribution in [2.45, 2.75) is 38.3 Å². The third-order valence-electron chi connectivity index (χ3n) is 6.87. The van der Waals surface area contributed by atoms with Gasteiger partial charge in [0.25, 0.3) is 5.91 Å². The van der Waals surface area contributed by atoms with Gasteiger partial charge in [0.05, 0.1) is 11.7 Å². The Labute approximate surface area is 238 Å². The minimum absolute atomic E-state index is 0.0247. The maximum absolute atomic E-state index is 13.5. The standard InChI is InChI=1S/C26H28ClF2N9O3/c27-15-4-5-19(41-26(28)29)17(13-15)22-18(33-25(40)21-23(31)35-37-10-2-8-32-24(21)37)14-38(34-22)16-6-11-36(12-7-16)9-1-3-20(30)39/h2,4-5,8,10,13-14,16,26H,1,3,6-7,9,11-12H2,(H2,30,39)(H2,31,35)(H,33,40). The van der Waals surface area contributed by atoms with Crippen molar-refractivity contribution >= 4 is 40.6 Å². The number of piperidine rings is 1. The smallest absolute Gasteiger partial charge is 0.387 e. The van der Waals surface area contributed by atoms with Crippen LogP contribution >= 0.6 is 11.6 Å². The molecule has 2 amide bonds. The molecule has 216 valence electrons. The summed E-state index contributed by atoms with van der Waals surface area (Å²) in [5.74, 6) is -1.09. The average molecular weight is 588 g/mol. The zero-order valence-electron chi connectivity index (χ0n) is 21.8. The number of fused-ring (bicyclic) bond motifs is 1. The summed E-state index contributed by atoms with van der Waals surface area (Å²) in [4.78, 5) is 31.0. The van der Waals surface area contributed by atoms with Crippen molar-refractivity contribution in [1.29, 1.82) is 0 Å². The van der Waals surface area contributed by atoms with Gasteiger partial charge in [0, 0.05) is 48.7 Å². The third-order valence-corrected chi connectivity index (χ3v) is 7.11. The molecule has 0 radical (unpaired) electrons. The minimum atomic E-state index is -3.08. The number of alkyl halides is 2. The highest BCUT2D eigenvalue weighted by molar-refractivity contribution is 6.31. The zero-order valence-corrected chi connectivity index (χ0v) is 22.6. The molecule has 0 bridgehead atoms. The summed E-state index contributed by atoms with van der Waals surface area (Å²) < 4.78 is 34.4. The normalized spacial score (nSPS) is 14.5. The molecule has 1 aliphatic rings. The van der Waals surface area contributed by atoms with E-state index in [0.717, 1.165) is 32.5 Å². The van der Waals surface area contributed by atoms with Gasteiger partial charge in [-0.25, -0.2) is 9.50 Å². The van der Waals surface area contributed by atoms with E-state index in [2.05, 4.69) is 20.3 Å². The Morgan fingerprint density at radius 2 is 2.00 bits per heavy atom. The van der Waals surface area contributed by atoms with Gasteiger partial charge in [0.2, 0.25) is 5.91 Å². The molecule has 1 fully saturated rings. The number of nitrogen functional groups attached to an aromatic ring is 1. The fraction of sp³-hybridized carbons (Fsp3) is 0.346. The number of carbonyl (C=O) groups is 2. The number of aromatic nitrogens is 5. The lowest BCUT2D eigenvalue weighted by molar-refractivity contribution is -0.118. The van der Waals surface area contributed by atoms with E-state index in [9.17, 15) is 18.4 Å². The van der Waals surface area contributed by atoms with Crippen molar-refractivity contribution in [1.82, 2.24) is 29.3 Å². The highest BCUT2D eigenvalue weighted by Gasteiger charge is 2.27. The van der Waals surface area contributed by atoms with Gasteiger partial charge in [0.15, 0.2) is 11.5 Å². The van der Waals surface area contributed by atoms with Gasteiger partial charge in [0.1, 0.15) is 17.0 Å². The molecule has 0 aliphatic carbocycles. The largest absolute Gasteiger partial charge is 0.434 e. The molecular formula is C26H28ClF2N9O3. The molecule has 12 nitrogen and oxygen atoms in total. The second-order valence-electron chi connectivity index (χ2n) is 9.64. The van der Waals surface area contributed by atoms with Gasteiger partial charge in [-0.15, -0.1) is 5.10 Å². The first-order valence-corrected chi connectivity index (χ1v) is 13.3. The van der Waals surface area contributed by atoms with Gasteiger partial charge in [-0.05, 0) is 50.1 Å². The summed E-state index contributed by atoms with van der Waals surface area (Å²) in [5.41, 5.74) is 12.2. The van der Waals surface area contributed by atoms with E-state index in [1.54, 1.807) is 23.1 Å². The minimum Gasteiger partial charge on any atom is -0.434 e. The van der Waals surface area contributed by atoms with E-state index < -0.39 is 12.5 Å². The second-order valence-corrected chi connectivity index (χ2v) is 10.1. The predicted molar refractivity (Wildman–Crippen MR) is 148 cm³/mol. The summed E-state index contributed by atoms with van der Waals surface area (Å²) in [6.45, 7) is -0.796. The monoisotopic (exact) mass is 587 g/mol. The van der Waals surface area contributed by atoms with Crippen LogP contribution in [-0.2, 0) is 4.79 Å². The van der Waals surface area contributed by atoms with Crippen LogP contribution in [0.1, 0.15) is 42.1 Å². The quantitative estimate of drug-likeness (QED) is 0.254. The zero-order chi connectivity index (χ0) is 29.1. The highest BCUT2D eigenvalue weighted by atomic mass is 35.5. The predicted octanol–water partition coefficient (Wildman–Crippen LogP) is 3.58. The molecule has 5 rings (SSSR count). The maximum Gasteiger partial charge on any atom is 0.387 e. The average Bonchev–Trinajstić information content (AvgIpc) is 3.49. The van der Waals surface area contributed by atoms with Crippen LogP contribution in [0.3, 0.4) is 0 Å². The number of primary amides is 1. The lowest BCUT2D eigenvalue weighted by Gasteiger charge is -2.31. The first-order valence-electron chi connectivity index (χ1n) is 12.9. The Morgan fingerprint density at radius 3 is 2.73 bits per heavy atom. The Balaban J connectivity index is 1.46. The molecule has 0 unspecified atom stereocenters. The van der Waals surface area contributed by atoms with Crippen molar-refractivity contribution in [2.75, 3.05) is 30.7 Å². The number of benzene rings is 1. The van der Waals surface area contributed by atoms with Crippen LogP contribution in [0.5, 0.6) is 5.75 Å². The molecule has 5 N–H and O–H groups in total.